The highest BCUT2D eigenvalue weighted by molar-refractivity contribution is 6.44. The van der Waals surface area contributed by atoms with Gasteiger partial charge in [0.25, 0.3) is 0 Å². The van der Waals surface area contributed by atoms with E-state index in [9.17, 15) is 9.18 Å². The molecule has 0 aliphatic carbocycles. The van der Waals surface area contributed by atoms with E-state index >= 15 is 0 Å². The maximum atomic E-state index is 12.9. The number of benzene rings is 2. The molecule has 0 bridgehead atoms. The van der Waals surface area contributed by atoms with Crippen LogP contribution in [0.2, 0.25) is 15.1 Å². The van der Waals surface area contributed by atoms with Gasteiger partial charge in [-0.05, 0) is 24.3 Å². The summed E-state index contributed by atoms with van der Waals surface area (Å²) in [5.74, 6) is -1.17. The van der Waals surface area contributed by atoms with Crippen molar-refractivity contribution in [3.63, 3.8) is 0 Å². The molecular weight excluding hydrogens is 340 g/mol. The van der Waals surface area contributed by atoms with Crippen LogP contribution in [0.5, 0.6) is 0 Å². The van der Waals surface area contributed by atoms with E-state index in [4.69, 9.17) is 45.3 Å². The third-order valence-corrected chi connectivity index (χ3v) is 3.80. The Hall–Kier alpha value is -1.49. The first-order chi connectivity index (χ1) is 9.88. The minimum Gasteiger partial charge on any atom is -0.457 e. The Morgan fingerprint density at radius 3 is 2.52 bits per heavy atom. The Morgan fingerprint density at radius 1 is 1.14 bits per heavy atom. The lowest BCUT2D eigenvalue weighted by Crippen LogP contribution is -2.07. The molecule has 0 saturated heterocycles. The van der Waals surface area contributed by atoms with Crippen LogP contribution in [0.1, 0.15) is 15.9 Å². The summed E-state index contributed by atoms with van der Waals surface area (Å²) in [5, 5.41) is 0.379. The predicted molar refractivity (Wildman–Crippen MR) is 81.4 cm³/mol. The van der Waals surface area contributed by atoms with E-state index in [0.29, 0.717) is 5.56 Å². The maximum absolute atomic E-state index is 12.9. The number of nitrogen functional groups attached to an aromatic ring is 1. The van der Waals surface area contributed by atoms with Gasteiger partial charge in [-0.3, -0.25) is 0 Å². The van der Waals surface area contributed by atoms with Crippen molar-refractivity contribution in [1.29, 1.82) is 0 Å². The third-order valence-electron chi connectivity index (χ3n) is 2.64. The molecule has 3 nitrogen and oxygen atoms in total. The average molecular weight is 349 g/mol. The first-order valence-corrected chi connectivity index (χ1v) is 6.87. The van der Waals surface area contributed by atoms with E-state index in [1.807, 2.05) is 0 Å². The van der Waals surface area contributed by atoms with E-state index in [0.717, 1.165) is 6.07 Å². The van der Waals surface area contributed by atoms with Crippen LogP contribution in [-0.2, 0) is 11.3 Å². The molecule has 110 valence electrons. The minimum absolute atomic E-state index is 0.0555. The molecular formula is C14H9Cl3FNO2. The molecule has 2 N–H and O–H groups in total. The van der Waals surface area contributed by atoms with E-state index < -0.39 is 11.8 Å². The molecule has 0 aliphatic rings. The molecule has 0 aliphatic heterocycles. The molecule has 0 spiro atoms. The van der Waals surface area contributed by atoms with Crippen molar-refractivity contribution in [3.05, 3.63) is 62.3 Å². The Labute approximate surface area is 135 Å². The molecule has 0 unspecified atom stereocenters. The van der Waals surface area contributed by atoms with Crippen LogP contribution in [0.4, 0.5) is 10.1 Å². The summed E-state index contributed by atoms with van der Waals surface area (Å²) in [4.78, 5) is 12.0. The lowest BCUT2D eigenvalue weighted by Gasteiger charge is -2.09. The summed E-state index contributed by atoms with van der Waals surface area (Å²) < 4.78 is 18.0. The van der Waals surface area contributed by atoms with E-state index in [1.54, 1.807) is 0 Å². The molecule has 2 rings (SSSR count). The highest BCUT2D eigenvalue weighted by Crippen LogP contribution is 2.29. The van der Waals surface area contributed by atoms with Crippen LogP contribution in [0.15, 0.2) is 30.3 Å². The molecule has 21 heavy (non-hydrogen) atoms. The lowest BCUT2D eigenvalue weighted by molar-refractivity contribution is 0.0473. The summed E-state index contributed by atoms with van der Waals surface area (Å²) in [5.41, 5.74) is 6.41. The Kier molecular flexibility index (Phi) is 4.93. The second kappa shape index (κ2) is 6.52. The molecule has 7 heteroatoms. The van der Waals surface area contributed by atoms with Crippen LogP contribution in [0.3, 0.4) is 0 Å². The number of anilines is 1. The number of carbonyl (C=O) groups excluding carboxylic acids is 1. The number of hydrogen-bond acceptors (Lipinski definition) is 3. The zero-order valence-electron chi connectivity index (χ0n) is 10.5. The monoisotopic (exact) mass is 347 g/mol. The first-order valence-electron chi connectivity index (χ1n) is 5.74. The maximum Gasteiger partial charge on any atom is 0.340 e. The highest BCUT2D eigenvalue weighted by atomic mass is 35.5. The van der Waals surface area contributed by atoms with Gasteiger partial charge >= 0.3 is 5.97 Å². The van der Waals surface area contributed by atoms with Gasteiger partial charge in [0.1, 0.15) is 12.4 Å². The molecule has 0 fully saturated rings. The number of esters is 1. The predicted octanol–water partition coefficient (Wildman–Crippen LogP) is 4.73. The Bertz CT molecular complexity index is 707. The number of ether oxygens (including phenoxy) is 1. The van der Waals surface area contributed by atoms with Crippen molar-refractivity contribution in [3.8, 4) is 0 Å². The third kappa shape index (κ3) is 3.79. The molecule has 2 aromatic rings. The van der Waals surface area contributed by atoms with Gasteiger partial charge in [0.2, 0.25) is 0 Å². The van der Waals surface area contributed by atoms with E-state index in [2.05, 4.69) is 0 Å². The van der Waals surface area contributed by atoms with E-state index in [1.165, 1.54) is 24.3 Å². The molecule has 0 amide bonds. The summed E-state index contributed by atoms with van der Waals surface area (Å²) >= 11 is 17.6. The quantitative estimate of drug-likeness (QED) is 0.644. The minimum atomic E-state index is -0.699. The second-order valence-corrected chi connectivity index (χ2v) is 5.37. The van der Waals surface area contributed by atoms with Gasteiger partial charge in [0.05, 0.1) is 20.6 Å². The number of carbonyl (C=O) groups is 1. The fraction of sp³-hybridized carbons (Fsp3) is 0.0714. The average Bonchev–Trinajstić information content (AvgIpc) is 2.41. The van der Waals surface area contributed by atoms with E-state index in [-0.39, 0.29) is 32.9 Å². The normalized spacial score (nSPS) is 10.5. The first kappa shape index (κ1) is 15.9. The van der Waals surface area contributed by atoms with Gasteiger partial charge in [0, 0.05) is 11.3 Å². The van der Waals surface area contributed by atoms with Crippen molar-refractivity contribution in [2.24, 2.45) is 0 Å². The molecule has 0 heterocycles. The van der Waals surface area contributed by atoms with Gasteiger partial charge in [-0.2, -0.15) is 0 Å². The summed E-state index contributed by atoms with van der Waals surface area (Å²) in [6.45, 7) is -0.124. The zero-order valence-corrected chi connectivity index (χ0v) is 12.8. The van der Waals surface area contributed by atoms with Crippen LogP contribution in [0, 0.1) is 5.82 Å². The van der Waals surface area contributed by atoms with Crippen LogP contribution < -0.4 is 5.73 Å². The standard InChI is InChI=1S/C14H9Cl3FNO2/c15-11-3-8(18)2-1-7(11)6-21-14(20)10-4-9(19)5-12(16)13(10)17/h1-5H,6,19H2. The Morgan fingerprint density at radius 2 is 1.86 bits per heavy atom. The summed E-state index contributed by atoms with van der Waals surface area (Å²) in [6, 6.07) is 6.58. The molecule has 0 atom stereocenters. The highest BCUT2D eigenvalue weighted by Gasteiger charge is 2.16. The van der Waals surface area contributed by atoms with Gasteiger partial charge in [-0.15, -0.1) is 0 Å². The van der Waals surface area contributed by atoms with Gasteiger partial charge in [0.15, 0.2) is 0 Å². The number of rotatable bonds is 3. The summed E-state index contributed by atoms with van der Waals surface area (Å²) in [7, 11) is 0. The largest absolute Gasteiger partial charge is 0.457 e. The van der Waals surface area contributed by atoms with Gasteiger partial charge in [-0.1, -0.05) is 40.9 Å². The van der Waals surface area contributed by atoms with Crippen molar-refractivity contribution in [2.45, 2.75) is 6.61 Å². The van der Waals surface area contributed by atoms with Crippen molar-refractivity contribution >= 4 is 46.5 Å². The van der Waals surface area contributed by atoms with Crippen LogP contribution in [-0.4, -0.2) is 5.97 Å². The smallest absolute Gasteiger partial charge is 0.340 e. The Balaban J connectivity index is 2.15. The van der Waals surface area contributed by atoms with Crippen molar-refractivity contribution < 1.29 is 13.9 Å². The van der Waals surface area contributed by atoms with Gasteiger partial charge in [-0.25, -0.2) is 9.18 Å². The number of halogens is 4. The molecule has 2 aromatic carbocycles. The topological polar surface area (TPSA) is 52.3 Å². The molecule has 0 saturated carbocycles. The second-order valence-electron chi connectivity index (χ2n) is 4.18. The van der Waals surface area contributed by atoms with Crippen molar-refractivity contribution in [1.82, 2.24) is 0 Å². The number of nitrogens with two attached hydrogens (primary N) is 1. The fourth-order valence-corrected chi connectivity index (χ4v) is 2.25. The lowest BCUT2D eigenvalue weighted by atomic mass is 10.2. The van der Waals surface area contributed by atoms with Crippen LogP contribution in [0.25, 0.3) is 0 Å². The zero-order chi connectivity index (χ0) is 15.6. The molecule has 0 radical (unpaired) electrons. The van der Waals surface area contributed by atoms with Crippen LogP contribution >= 0.6 is 34.8 Å². The fourth-order valence-electron chi connectivity index (χ4n) is 1.62. The summed E-state index contributed by atoms with van der Waals surface area (Å²) in [6.07, 6.45) is 0. The van der Waals surface area contributed by atoms with Gasteiger partial charge < -0.3 is 10.5 Å². The SMILES string of the molecule is Nc1cc(Cl)c(Cl)c(C(=O)OCc2ccc(F)cc2Cl)c1. The number of hydrogen-bond donors (Lipinski definition) is 1. The molecule has 0 aromatic heterocycles. The van der Waals surface area contributed by atoms with Crippen molar-refractivity contribution in [2.75, 3.05) is 5.73 Å².